The molecule has 0 saturated heterocycles. The summed E-state index contributed by atoms with van der Waals surface area (Å²) in [7, 11) is 1.39. The van der Waals surface area contributed by atoms with Gasteiger partial charge in [-0.3, -0.25) is 14.9 Å². The van der Waals surface area contributed by atoms with Crippen molar-refractivity contribution in [3.05, 3.63) is 68.5 Å². The predicted molar refractivity (Wildman–Crippen MR) is 82.2 cm³/mol. The van der Waals surface area contributed by atoms with Crippen molar-refractivity contribution in [3.63, 3.8) is 0 Å². The van der Waals surface area contributed by atoms with Crippen LogP contribution in [0.4, 0.5) is 10.1 Å². The van der Waals surface area contributed by atoms with E-state index >= 15 is 0 Å². The fourth-order valence-corrected chi connectivity index (χ4v) is 2.26. The Bertz CT molecular complexity index is 767. The van der Waals surface area contributed by atoms with Crippen molar-refractivity contribution in [1.82, 2.24) is 5.32 Å². The van der Waals surface area contributed by atoms with Gasteiger partial charge in [-0.25, -0.2) is 4.39 Å². The van der Waals surface area contributed by atoms with Gasteiger partial charge in [0.15, 0.2) is 0 Å². The van der Waals surface area contributed by atoms with Gasteiger partial charge in [0.1, 0.15) is 17.1 Å². The number of rotatable bonds is 5. The molecule has 0 aliphatic carbocycles. The molecule has 0 saturated carbocycles. The molecule has 0 bridgehead atoms. The Morgan fingerprint density at radius 3 is 2.78 bits per heavy atom. The monoisotopic (exact) mass is 338 g/mol. The highest BCUT2D eigenvalue weighted by Crippen LogP contribution is 2.26. The quantitative estimate of drug-likeness (QED) is 0.669. The van der Waals surface area contributed by atoms with Gasteiger partial charge >= 0.3 is 0 Å². The summed E-state index contributed by atoms with van der Waals surface area (Å²) in [4.78, 5) is 22.5. The number of carbonyl (C=O) groups excluding carboxylic acids is 1. The van der Waals surface area contributed by atoms with E-state index < -0.39 is 22.3 Å². The predicted octanol–water partition coefficient (Wildman–Crippen LogP) is 3.33. The van der Waals surface area contributed by atoms with Gasteiger partial charge < -0.3 is 10.1 Å². The summed E-state index contributed by atoms with van der Waals surface area (Å²) in [5.41, 5.74) is -0.181. The molecule has 0 aromatic heterocycles. The van der Waals surface area contributed by atoms with Crippen molar-refractivity contribution in [1.29, 1.82) is 0 Å². The first-order valence-electron chi connectivity index (χ1n) is 6.47. The van der Waals surface area contributed by atoms with Gasteiger partial charge in [0, 0.05) is 18.7 Å². The number of amides is 1. The largest absolute Gasteiger partial charge is 0.497 e. The summed E-state index contributed by atoms with van der Waals surface area (Å²) >= 11 is 5.88. The molecule has 2 rings (SSSR count). The van der Waals surface area contributed by atoms with E-state index in [4.69, 9.17) is 16.3 Å². The van der Waals surface area contributed by atoms with Gasteiger partial charge in [-0.15, -0.1) is 0 Å². The molecule has 1 amide bonds. The lowest BCUT2D eigenvalue weighted by Crippen LogP contribution is -2.24. The van der Waals surface area contributed by atoms with Crippen LogP contribution >= 0.6 is 11.6 Å². The average molecular weight is 339 g/mol. The van der Waals surface area contributed by atoms with Crippen LogP contribution < -0.4 is 10.1 Å². The van der Waals surface area contributed by atoms with Crippen molar-refractivity contribution in [3.8, 4) is 5.75 Å². The van der Waals surface area contributed by atoms with Gasteiger partial charge in [-0.2, -0.15) is 0 Å². The number of hydrogen-bond acceptors (Lipinski definition) is 4. The van der Waals surface area contributed by atoms with Crippen LogP contribution in [0.25, 0.3) is 0 Å². The van der Waals surface area contributed by atoms with Crippen LogP contribution in [0.15, 0.2) is 36.4 Å². The van der Waals surface area contributed by atoms with Crippen LogP contribution in [-0.4, -0.2) is 17.9 Å². The first-order valence-corrected chi connectivity index (χ1v) is 6.84. The molecular formula is C15H12ClFN2O4. The van der Waals surface area contributed by atoms with Crippen molar-refractivity contribution in [2.45, 2.75) is 6.54 Å². The fourth-order valence-electron chi connectivity index (χ4n) is 2.00. The van der Waals surface area contributed by atoms with Crippen LogP contribution in [0.3, 0.4) is 0 Å². The van der Waals surface area contributed by atoms with Crippen molar-refractivity contribution >= 4 is 23.2 Å². The molecule has 2 aromatic carbocycles. The van der Waals surface area contributed by atoms with E-state index in [1.165, 1.54) is 37.4 Å². The third-order valence-corrected chi connectivity index (χ3v) is 3.35. The Kier molecular flexibility index (Phi) is 5.13. The zero-order valence-corrected chi connectivity index (χ0v) is 12.8. The van der Waals surface area contributed by atoms with E-state index in [9.17, 15) is 19.3 Å². The number of halogens is 2. The molecule has 0 spiro atoms. The first-order chi connectivity index (χ1) is 10.9. The maximum absolute atomic E-state index is 13.4. The summed E-state index contributed by atoms with van der Waals surface area (Å²) < 4.78 is 18.3. The van der Waals surface area contributed by atoms with Crippen LogP contribution in [0.5, 0.6) is 5.75 Å². The summed E-state index contributed by atoms with van der Waals surface area (Å²) in [5.74, 6) is -0.930. The van der Waals surface area contributed by atoms with Gasteiger partial charge in [-0.05, 0) is 23.8 Å². The molecule has 0 atom stereocenters. The topological polar surface area (TPSA) is 81.5 Å². The Morgan fingerprint density at radius 1 is 1.39 bits per heavy atom. The molecule has 6 nitrogen and oxygen atoms in total. The summed E-state index contributed by atoms with van der Waals surface area (Å²) in [6.45, 7) is -0.0324. The highest BCUT2D eigenvalue weighted by molar-refractivity contribution is 6.34. The number of nitrogens with one attached hydrogen (secondary N) is 1. The fraction of sp³-hybridized carbons (Fsp3) is 0.133. The van der Waals surface area contributed by atoms with Gasteiger partial charge in [0.2, 0.25) is 0 Å². The molecule has 0 fully saturated rings. The van der Waals surface area contributed by atoms with Gasteiger partial charge in [0.05, 0.1) is 17.1 Å². The maximum atomic E-state index is 13.4. The molecular weight excluding hydrogens is 327 g/mol. The summed E-state index contributed by atoms with van der Waals surface area (Å²) in [6, 6.07) is 7.92. The first kappa shape index (κ1) is 16.7. The summed E-state index contributed by atoms with van der Waals surface area (Å²) in [5, 5.41) is 13.4. The lowest BCUT2D eigenvalue weighted by atomic mass is 10.1. The van der Waals surface area contributed by atoms with Gasteiger partial charge in [-0.1, -0.05) is 17.7 Å². The molecule has 0 aliphatic heterocycles. The Hall–Kier alpha value is -2.67. The third kappa shape index (κ3) is 3.95. The molecule has 120 valence electrons. The molecule has 2 aromatic rings. The minimum absolute atomic E-state index is 0.0324. The van der Waals surface area contributed by atoms with Crippen molar-refractivity contribution < 1.29 is 18.8 Å². The third-order valence-electron chi connectivity index (χ3n) is 3.04. The van der Waals surface area contributed by atoms with Crippen LogP contribution in [-0.2, 0) is 6.54 Å². The molecule has 8 heteroatoms. The Morgan fingerprint density at radius 2 is 2.13 bits per heavy atom. The SMILES string of the molecule is COc1cc(F)cc(CNC(=O)c2c(Cl)cccc2[N+](=O)[O-])c1. The average Bonchev–Trinajstić information content (AvgIpc) is 2.51. The van der Waals surface area contributed by atoms with E-state index in [0.29, 0.717) is 11.3 Å². The molecule has 0 radical (unpaired) electrons. The minimum Gasteiger partial charge on any atom is -0.497 e. The van der Waals surface area contributed by atoms with E-state index in [0.717, 1.165) is 0 Å². The van der Waals surface area contributed by atoms with Gasteiger partial charge in [0.25, 0.3) is 11.6 Å². The molecule has 0 unspecified atom stereocenters. The minimum atomic E-state index is -0.717. The number of nitro groups is 1. The smallest absolute Gasteiger partial charge is 0.283 e. The number of nitro benzene ring substituents is 1. The van der Waals surface area contributed by atoms with Crippen molar-refractivity contribution in [2.24, 2.45) is 0 Å². The molecule has 1 N–H and O–H groups in total. The van der Waals surface area contributed by atoms with Crippen LogP contribution in [0.1, 0.15) is 15.9 Å². The highest BCUT2D eigenvalue weighted by atomic mass is 35.5. The molecule has 0 aliphatic rings. The van der Waals surface area contributed by atoms with E-state index in [1.54, 1.807) is 6.07 Å². The molecule has 0 heterocycles. The zero-order valence-electron chi connectivity index (χ0n) is 12.0. The normalized spacial score (nSPS) is 10.2. The van der Waals surface area contributed by atoms with E-state index in [-0.39, 0.29) is 17.1 Å². The van der Waals surface area contributed by atoms with Crippen LogP contribution in [0, 0.1) is 15.9 Å². The zero-order chi connectivity index (χ0) is 17.0. The second-order valence-electron chi connectivity index (χ2n) is 4.57. The number of carbonyl (C=O) groups is 1. The second kappa shape index (κ2) is 7.06. The molecule has 23 heavy (non-hydrogen) atoms. The Labute approximate surface area is 136 Å². The Balaban J connectivity index is 2.21. The van der Waals surface area contributed by atoms with E-state index in [2.05, 4.69) is 5.32 Å². The summed E-state index contributed by atoms with van der Waals surface area (Å²) in [6.07, 6.45) is 0. The lowest BCUT2D eigenvalue weighted by Gasteiger charge is -2.09. The number of ether oxygens (including phenoxy) is 1. The maximum Gasteiger partial charge on any atom is 0.283 e. The number of nitrogens with zero attached hydrogens (tertiary/aromatic N) is 1. The number of hydrogen-bond donors (Lipinski definition) is 1. The second-order valence-corrected chi connectivity index (χ2v) is 4.98. The lowest BCUT2D eigenvalue weighted by molar-refractivity contribution is -0.385. The number of benzene rings is 2. The highest BCUT2D eigenvalue weighted by Gasteiger charge is 2.23. The number of methoxy groups -OCH3 is 1. The van der Waals surface area contributed by atoms with E-state index in [1.807, 2.05) is 0 Å². The van der Waals surface area contributed by atoms with Crippen LogP contribution in [0.2, 0.25) is 5.02 Å². The standard InChI is InChI=1S/C15H12ClFN2O4/c1-23-11-6-9(5-10(17)7-11)8-18-15(20)14-12(16)3-2-4-13(14)19(21)22/h2-7H,8H2,1H3,(H,18,20). The van der Waals surface area contributed by atoms with Crippen molar-refractivity contribution in [2.75, 3.05) is 7.11 Å².